The highest BCUT2D eigenvalue weighted by Gasteiger charge is 2.15. The second-order valence-corrected chi connectivity index (χ2v) is 5.05. The van der Waals surface area contributed by atoms with Crippen LogP contribution in [0, 0.1) is 0 Å². The third-order valence-electron chi connectivity index (χ3n) is 3.43. The van der Waals surface area contributed by atoms with Gasteiger partial charge in [0.25, 0.3) is 0 Å². The summed E-state index contributed by atoms with van der Waals surface area (Å²) < 4.78 is 7.53. The van der Waals surface area contributed by atoms with Crippen LogP contribution in [0.5, 0.6) is 5.75 Å². The molecule has 0 fully saturated rings. The van der Waals surface area contributed by atoms with Crippen molar-refractivity contribution < 1.29 is 9.84 Å². The van der Waals surface area contributed by atoms with Crippen LogP contribution in [0.4, 0.5) is 0 Å². The lowest BCUT2D eigenvalue weighted by Crippen LogP contribution is -1.99. The van der Waals surface area contributed by atoms with Crippen LogP contribution in [0.1, 0.15) is 38.3 Å². The lowest BCUT2D eigenvalue weighted by atomic mass is 10.0. The number of hydrogen-bond acceptors (Lipinski definition) is 2. The average molecular weight is 247 g/mol. The van der Waals surface area contributed by atoms with Crippen molar-refractivity contribution in [3.63, 3.8) is 0 Å². The molecular weight excluding hydrogens is 226 g/mol. The van der Waals surface area contributed by atoms with Gasteiger partial charge in [-0.3, -0.25) is 0 Å². The Labute approximate surface area is 108 Å². The monoisotopic (exact) mass is 247 g/mol. The van der Waals surface area contributed by atoms with Crippen molar-refractivity contribution in [1.82, 2.24) is 4.57 Å². The summed E-state index contributed by atoms with van der Waals surface area (Å²) in [7, 11) is 1.68. The predicted octanol–water partition coefficient (Wildman–Crippen LogP) is 3.33. The number of aliphatic hydroxyl groups is 1. The maximum absolute atomic E-state index is 9.38. The zero-order chi connectivity index (χ0) is 13.3. The van der Waals surface area contributed by atoms with Crippen molar-refractivity contribution >= 4 is 10.9 Å². The van der Waals surface area contributed by atoms with Gasteiger partial charge in [0.2, 0.25) is 0 Å². The third kappa shape index (κ3) is 2.10. The van der Waals surface area contributed by atoms with E-state index in [-0.39, 0.29) is 12.5 Å². The van der Waals surface area contributed by atoms with Gasteiger partial charge in [-0.15, -0.1) is 0 Å². The van der Waals surface area contributed by atoms with E-state index in [1.54, 1.807) is 7.11 Å². The number of aromatic nitrogens is 1. The highest BCUT2D eigenvalue weighted by atomic mass is 16.5. The number of rotatable bonds is 4. The Morgan fingerprint density at radius 3 is 2.56 bits per heavy atom. The summed E-state index contributed by atoms with van der Waals surface area (Å²) in [6.07, 6.45) is 2.15. The summed E-state index contributed by atoms with van der Waals surface area (Å²) in [5, 5.41) is 10.6. The lowest BCUT2D eigenvalue weighted by molar-refractivity contribution is 0.273. The first-order valence-corrected chi connectivity index (χ1v) is 6.37. The first-order valence-electron chi connectivity index (χ1n) is 6.37. The number of aliphatic hydroxyl groups excluding tert-OH is 1. The highest BCUT2D eigenvalue weighted by molar-refractivity contribution is 5.86. The Hall–Kier alpha value is -1.48. The van der Waals surface area contributed by atoms with Crippen molar-refractivity contribution in [3.8, 4) is 5.75 Å². The standard InChI is InChI=1S/C15H21NO2/c1-10(2)16-8-14(11(3)9-17)13-7-12(18-4)5-6-15(13)16/h5-8,10-11,17H,9H2,1-4H3. The van der Waals surface area contributed by atoms with Gasteiger partial charge in [0.15, 0.2) is 0 Å². The molecule has 3 nitrogen and oxygen atoms in total. The van der Waals surface area contributed by atoms with E-state index >= 15 is 0 Å². The molecule has 1 unspecified atom stereocenters. The molecule has 0 saturated heterocycles. The number of methoxy groups -OCH3 is 1. The van der Waals surface area contributed by atoms with Gasteiger partial charge >= 0.3 is 0 Å². The smallest absolute Gasteiger partial charge is 0.119 e. The molecule has 2 aromatic rings. The summed E-state index contributed by atoms with van der Waals surface area (Å²) >= 11 is 0. The fourth-order valence-electron chi connectivity index (χ4n) is 2.31. The first kappa shape index (κ1) is 13.0. The van der Waals surface area contributed by atoms with E-state index in [4.69, 9.17) is 4.74 Å². The van der Waals surface area contributed by atoms with Gasteiger partial charge in [0.1, 0.15) is 5.75 Å². The van der Waals surface area contributed by atoms with Crippen molar-refractivity contribution in [3.05, 3.63) is 30.0 Å². The van der Waals surface area contributed by atoms with Gasteiger partial charge in [-0.2, -0.15) is 0 Å². The van der Waals surface area contributed by atoms with Crippen LogP contribution in [0.25, 0.3) is 10.9 Å². The SMILES string of the molecule is COc1ccc2c(c1)c(C(C)CO)cn2C(C)C. The maximum atomic E-state index is 9.38. The lowest BCUT2D eigenvalue weighted by Gasteiger charge is -2.09. The quantitative estimate of drug-likeness (QED) is 0.899. The largest absolute Gasteiger partial charge is 0.497 e. The molecule has 0 amide bonds. The Bertz CT molecular complexity index is 543. The minimum Gasteiger partial charge on any atom is -0.497 e. The van der Waals surface area contributed by atoms with Crippen molar-refractivity contribution in [2.24, 2.45) is 0 Å². The van der Waals surface area contributed by atoms with Crippen LogP contribution in [0.2, 0.25) is 0 Å². The summed E-state index contributed by atoms with van der Waals surface area (Å²) in [6, 6.07) is 6.52. The molecular formula is C15H21NO2. The van der Waals surface area contributed by atoms with Gasteiger partial charge in [-0.25, -0.2) is 0 Å². The molecule has 1 aromatic carbocycles. The maximum Gasteiger partial charge on any atom is 0.119 e. The summed E-state index contributed by atoms with van der Waals surface area (Å²) in [5.74, 6) is 0.995. The average Bonchev–Trinajstić information content (AvgIpc) is 2.76. The van der Waals surface area contributed by atoms with Crippen molar-refractivity contribution in [2.75, 3.05) is 13.7 Å². The normalized spacial score (nSPS) is 13.2. The Morgan fingerprint density at radius 1 is 1.28 bits per heavy atom. The number of hydrogen-bond donors (Lipinski definition) is 1. The third-order valence-corrected chi connectivity index (χ3v) is 3.43. The van der Waals surface area contributed by atoms with E-state index in [2.05, 4.69) is 36.7 Å². The Balaban J connectivity index is 2.68. The van der Waals surface area contributed by atoms with E-state index in [9.17, 15) is 5.11 Å². The molecule has 0 aliphatic heterocycles. The molecule has 2 rings (SSSR count). The second-order valence-electron chi connectivity index (χ2n) is 5.05. The summed E-state index contributed by atoms with van der Waals surface area (Å²) in [4.78, 5) is 0. The molecule has 1 aromatic heterocycles. The predicted molar refractivity (Wildman–Crippen MR) is 74.4 cm³/mol. The minimum absolute atomic E-state index is 0.139. The fraction of sp³-hybridized carbons (Fsp3) is 0.467. The van der Waals surface area contributed by atoms with Crippen LogP contribution in [-0.2, 0) is 0 Å². The van der Waals surface area contributed by atoms with Crippen LogP contribution in [-0.4, -0.2) is 23.4 Å². The zero-order valence-electron chi connectivity index (χ0n) is 11.5. The molecule has 0 aliphatic rings. The molecule has 0 aliphatic carbocycles. The summed E-state index contributed by atoms with van der Waals surface area (Å²) in [5.41, 5.74) is 2.38. The van der Waals surface area contributed by atoms with Gasteiger partial charge < -0.3 is 14.4 Å². The van der Waals surface area contributed by atoms with Crippen LogP contribution < -0.4 is 4.74 Å². The topological polar surface area (TPSA) is 34.4 Å². The van der Waals surface area contributed by atoms with Crippen LogP contribution >= 0.6 is 0 Å². The van der Waals surface area contributed by atoms with E-state index < -0.39 is 0 Å². The first-order chi connectivity index (χ1) is 8.58. The number of benzene rings is 1. The van der Waals surface area contributed by atoms with Gasteiger partial charge in [0.05, 0.1) is 7.11 Å². The van der Waals surface area contributed by atoms with Crippen molar-refractivity contribution in [1.29, 1.82) is 0 Å². The molecule has 1 heterocycles. The number of fused-ring (bicyclic) bond motifs is 1. The summed E-state index contributed by atoms with van der Waals surface area (Å²) in [6.45, 7) is 6.53. The molecule has 0 saturated carbocycles. The van der Waals surface area contributed by atoms with Gasteiger partial charge in [-0.05, 0) is 37.6 Å². The van der Waals surface area contributed by atoms with Crippen molar-refractivity contribution in [2.45, 2.75) is 32.7 Å². The Morgan fingerprint density at radius 2 is 2.00 bits per heavy atom. The molecule has 3 heteroatoms. The molecule has 0 spiro atoms. The number of nitrogens with zero attached hydrogens (tertiary/aromatic N) is 1. The van der Waals surface area contributed by atoms with E-state index in [1.165, 1.54) is 16.5 Å². The minimum atomic E-state index is 0.139. The number of ether oxygens (including phenoxy) is 1. The molecule has 0 radical (unpaired) electrons. The molecule has 98 valence electrons. The molecule has 1 atom stereocenters. The van der Waals surface area contributed by atoms with E-state index in [0.29, 0.717) is 6.04 Å². The molecule has 1 N–H and O–H groups in total. The highest BCUT2D eigenvalue weighted by Crippen LogP contribution is 2.32. The van der Waals surface area contributed by atoms with E-state index in [1.807, 2.05) is 13.0 Å². The van der Waals surface area contributed by atoms with Gasteiger partial charge in [0, 0.05) is 35.7 Å². The molecule has 18 heavy (non-hydrogen) atoms. The molecule has 0 bridgehead atoms. The van der Waals surface area contributed by atoms with E-state index in [0.717, 1.165) is 5.75 Å². The second kappa shape index (κ2) is 5.02. The fourth-order valence-corrected chi connectivity index (χ4v) is 2.31. The van der Waals surface area contributed by atoms with Gasteiger partial charge in [-0.1, -0.05) is 6.92 Å². The zero-order valence-corrected chi connectivity index (χ0v) is 11.5. The van der Waals surface area contributed by atoms with Crippen LogP contribution in [0.3, 0.4) is 0 Å². The Kier molecular flexibility index (Phi) is 3.62. The van der Waals surface area contributed by atoms with Crippen LogP contribution in [0.15, 0.2) is 24.4 Å².